The van der Waals surface area contributed by atoms with Crippen LogP contribution in [0.4, 0.5) is 0 Å². The zero-order valence-corrected chi connectivity index (χ0v) is 23.3. The molecule has 4 bridgehead atoms. The number of rotatable bonds is 6. The number of carbonyl (C=O) groups excluding carboxylic acids is 1. The van der Waals surface area contributed by atoms with E-state index in [4.69, 9.17) is 9.47 Å². The summed E-state index contributed by atoms with van der Waals surface area (Å²) in [5.41, 5.74) is 4.38. The van der Waals surface area contributed by atoms with Crippen molar-refractivity contribution >= 4 is 5.97 Å². The van der Waals surface area contributed by atoms with Crippen LogP contribution in [0.5, 0.6) is 0 Å². The van der Waals surface area contributed by atoms with Gasteiger partial charge in [0.2, 0.25) is 0 Å². The Balaban J connectivity index is 1.11. The molecule has 0 heterocycles. The highest BCUT2D eigenvalue weighted by molar-refractivity contribution is 5.71. The van der Waals surface area contributed by atoms with Crippen LogP contribution in [-0.4, -0.2) is 40.3 Å². The smallest absolute Gasteiger partial charge is 0.332 e. The number of hydrogen-bond donors (Lipinski definition) is 2. The highest BCUT2D eigenvalue weighted by atomic mass is 16.6. The van der Waals surface area contributed by atoms with E-state index in [1.165, 1.54) is 37.7 Å². The molecule has 7 aliphatic rings. The molecule has 208 valence electrons. The molecule has 6 saturated carbocycles. The molecule has 0 saturated heterocycles. The predicted molar refractivity (Wildman–Crippen MR) is 147 cm³/mol. The Morgan fingerprint density at radius 1 is 1.13 bits per heavy atom. The average Bonchev–Trinajstić information content (AvgIpc) is 3.20. The van der Waals surface area contributed by atoms with Crippen molar-refractivity contribution in [2.45, 2.75) is 115 Å². The number of hydrogen-bond acceptors (Lipinski definition) is 5. The summed E-state index contributed by atoms with van der Waals surface area (Å²) in [6, 6.07) is 0. The molecule has 0 spiro atoms. The summed E-state index contributed by atoms with van der Waals surface area (Å²) >= 11 is 0. The summed E-state index contributed by atoms with van der Waals surface area (Å²) in [4.78, 5) is 12.9. The molecule has 7 rings (SSSR count). The van der Waals surface area contributed by atoms with Crippen LogP contribution in [0.15, 0.2) is 47.1 Å². The summed E-state index contributed by atoms with van der Waals surface area (Å²) in [6.45, 7) is 8.49. The third-order valence-corrected chi connectivity index (χ3v) is 11.2. The molecule has 2 N–H and O–H groups in total. The minimum Gasteiger partial charge on any atom is -0.457 e. The number of allylic oxidation sites excluding steroid dienone is 5. The number of carbonyl (C=O) groups is 1. The molecular formula is C33H46O5. The van der Waals surface area contributed by atoms with Gasteiger partial charge in [-0.1, -0.05) is 49.8 Å². The molecule has 0 amide bonds. The zero-order chi connectivity index (χ0) is 26.7. The lowest BCUT2D eigenvalue weighted by Crippen LogP contribution is -2.53. The monoisotopic (exact) mass is 522 g/mol. The van der Waals surface area contributed by atoms with E-state index in [0.717, 1.165) is 44.1 Å². The number of esters is 1. The van der Waals surface area contributed by atoms with Gasteiger partial charge in [-0.05, 0) is 111 Å². The minimum absolute atomic E-state index is 0.00880. The lowest BCUT2D eigenvalue weighted by molar-refractivity contribution is -0.234. The van der Waals surface area contributed by atoms with E-state index in [1.807, 2.05) is 6.08 Å². The second-order valence-corrected chi connectivity index (χ2v) is 13.8. The Kier molecular flexibility index (Phi) is 6.80. The van der Waals surface area contributed by atoms with Crippen molar-refractivity contribution < 1.29 is 24.5 Å². The van der Waals surface area contributed by atoms with Gasteiger partial charge >= 0.3 is 5.97 Å². The highest BCUT2D eigenvalue weighted by Gasteiger charge is 2.53. The van der Waals surface area contributed by atoms with E-state index in [1.54, 1.807) is 5.57 Å². The van der Waals surface area contributed by atoms with Crippen LogP contribution in [0.3, 0.4) is 0 Å². The van der Waals surface area contributed by atoms with Crippen LogP contribution in [0.2, 0.25) is 0 Å². The van der Waals surface area contributed by atoms with Crippen LogP contribution in [0.1, 0.15) is 97.3 Å². The molecule has 5 heteroatoms. The van der Waals surface area contributed by atoms with Gasteiger partial charge in [0.15, 0.2) is 5.79 Å². The van der Waals surface area contributed by atoms with Gasteiger partial charge in [-0.2, -0.15) is 0 Å². The molecule has 1 unspecified atom stereocenters. The van der Waals surface area contributed by atoms with Crippen LogP contribution in [0, 0.1) is 29.1 Å². The van der Waals surface area contributed by atoms with Gasteiger partial charge < -0.3 is 19.7 Å². The van der Waals surface area contributed by atoms with Crippen molar-refractivity contribution in [2.24, 2.45) is 29.1 Å². The first-order chi connectivity index (χ1) is 18.1. The van der Waals surface area contributed by atoms with E-state index >= 15 is 0 Å². The van der Waals surface area contributed by atoms with E-state index in [0.29, 0.717) is 29.2 Å². The molecule has 4 atom stereocenters. The van der Waals surface area contributed by atoms with Crippen LogP contribution >= 0.6 is 0 Å². The molecule has 38 heavy (non-hydrogen) atoms. The first-order valence-electron chi connectivity index (χ1n) is 15.1. The van der Waals surface area contributed by atoms with Gasteiger partial charge in [-0.15, -0.1) is 0 Å². The maximum absolute atomic E-state index is 12.9. The summed E-state index contributed by atoms with van der Waals surface area (Å²) in [7, 11) is 0. The Labute approximate surface area is 228 Å². The van der Waals surface area contributed by atoms with Crippen molar-refractivity contribution in [1.29, 1.82) is 0 Å². The molecule has 0 aromatic heterocycles. The number of fused-ring (bicyclic) bond motifs is 1. The van der Waals surface area contributed by atoms with E-state index in [-0.39, 0.29) is 30.5 Å². The third kappa shape index (κ3) is 4.77. The second kappa shape index (κ2) is 9.74. The highest BCUT2D eigenvalue weighted by Crippen LogP contribution is 2.57. The molecule has 0 aromatic carbocycles. The van der Waals surface area contributed by atoms with Gasteiger partial charge in [0.25, 0.3) is 0 Å². The molecule has 6 fully saturated rings. The average molecular weight is 523 g/mol. The summed E-state index contributed by atoms with van der Waals surface area (Å²) in [5.74, 6) is 0.591. The molecule has 0 radical (unpaired) electrons. The third-order valence-electron chi connectivity index (χ3n) is 11.2. The number of aliphatic hydroxyl groups excluding tert-OH is 1. The Hall–Kier alpha value is -1.69. The summed E-state index contributed by atoms with van der Waals surface area (Å²) in [6.07, 6.45) is 18.5. The molecule has 0 aromatic rings. The SMILES string of the molecule is C=C1C(=CC=C2CCC[C@]3(C)C(CC)=CC[C@@H]23)C[C@](O)(OCC(=O)OC23CC4CC(CC(C4)C2)C3)CC1O. The molecular weight excluding hydrogens is 476 g/mol. The zero-order valence-electron chi connectivity index (χ0n) is 23.3. The standard InChI is InChI=1S/C33H46O5/c1-4-27-9-10-28-25(6-5-11-31(27,28)3)7-8-26-18-33(36,19-29(34)21(26)2)37-20-30(35)38-32-15-22-12-23(16-32)14-24(13-22)17-32/h7-9,22-24,28-29,34,36H,2,4-6,10-20H2,1,3H3/t22?,23?,24?,28-,29?,31+,32?,33-/m0/s1. The van der Waals surface area contributed by atoms with Crippen molar-refractivity contribution in [2.75, 3.05) is 6.61 Å². The van der Waals surface area contributed by atoms with Crippen LogP contribution < -0.4 is 0 Å². The molecule has 7 aliphatic carbocycles. The fraction of sp³-hybridized carbons (Fsp3) is 0.727. The van der Waals surface area contributed by atoms with E-state index < -0.39 is 17.9 Å². The summed E-state index contributed by atoms with van der Waals surface area (Å²) in [5, 5.41) is 22.0. The van der Waals surface area contributed by atoms with E-state index in [2.05, 4.69) is 32.6 Å². The fourth-order valence-corrected chi connectivity index (χ4v) is 9.68. The van der Waals surface area contributed by atoms with Crippen molar-refractivity contribution in [1.82, 2.24) is 0 Å². The Bertz CT molecular complexity index is 1050. The quantitative estimate of drug-likeness (QED) is 0.243. The van der Waals surface area contributed by atoms with Gasteiger partial charge in [0, 0.05) is 12.8 Å². The van der Waals surface area contributed by atoms with Gasteiger partial charge in [0.05, 0.1) is 6.10 Å². The lowest BCUT2D eigenvalue weighted by Gasteiger charge is -2.55. The Morgan fingerprint density at radius 3 is 2.47 bits per heavy atom. The van der Waals surface area contributed by atoms with Gasteiger partial charge in [-0.3, -0.25) is 0 Å². The Morgan fingerprint density at radius 2 is 1.82 bits per heavy atom. The second-order valence-electron chi connectivity index (χ2n) is 13.8. The fourth-order valence-electron chi connectivity index (χ4n) is 9.68. The number of ether oxygens (including phenoxy) is 2. The summed E-state index contributed by atoms with van der Waals surface area (Å²) < 4.78 is 11.9. The predicted octanol–water partition coefficient (Wildman–Crippen LogP) is 6.31. The van der Waals surface area contributed by atoms with Crippen molar-refractivity contribution in [3.05, 3.63) is 47.1 Å². The van der Waals surface area contributed by atoms with Crippen LogP contribution in [0.25, 0.3) is 0 Å². The van der Waals surface area contributed by atoms with Crippen LogP contribution in [-0.2, 0) is 14.3 Å². The van der Waals surface area contributed by atoms with Crippen molar-refractivity contribution in [3.8, 4) is 0 Å². The molecule has 5 nitrogen and oxygen atoms in total. The molecule has 0 aliphatic heterocycles. The van der Waals surface area contributed by atoms with E-state index in [9.17, 15) is 15.0 Å². The maximum Gasteiger partial charge on any atom is 0.332 e. The minimum atomic E-state index is -1.61. The van der Waals surface area contributed by atoms with Gasteiger partial charge in [0.1, 0.15) is 12.2 Å². The maximum atomic E-state index is 12.9. The topological polar surface area (TPSA) is 76.0 Å². The van der Waals surface area contributed by atoms with Gasteiger partial charge in [-0.25, -0.2) is 4.79 Å². The number of aliphatic hydroxyl groups is 2. The first-order valence-corrected chi connectivity index (χ1v) is 15.1. The lowest BCUT2D eigenvalue weighted by atomic mass is 9.54. The normalized spacial score (nSPS) is 45.9. The first kappa shape index (κ1) is 26.5. The van der Waals surface area contributed by atoms with Crippen molar-refractivity contribution in [3.63, 3.8) is 0 Å². The largest absolute Gasteiger partial charge is 0.457 e.